The SMILES string of the molecule is CCCOc1ccccc1C1NC(C)CC(C)C1C(N)=O. The number of hydrogen-bond donors (Lipinski definition) is 2. The van der Waals surface area contributed by atoms with Crippen LogP contribution in [0.3, 0.4) is 0 Å². The number of benzene rings is 1. The summed E-state index contributed by atoms with van der Waals surface area (Å²) in [5, 5.41) is 3.53. The van der Waals surface area contributed by atoms with Gasteiger partial charge in [-0.3, -0.25) is 4.79 Å². The molecule has 21 heavy (non-hydrogen) atoms. The molecule has 0 aliphatic carbocycles. The van der Waals surface area contributed by atoms with Crippen molar-refractivity contribution < 1.29 is 9.53 Å². The number of carbonyl (C=O) groups excluding carboxylic acids is 1. The highest BCUT2D eigenvalue weighted by molar-refractivity contribution is 5.78. The molecule has 4 atom stereocenters. The number of amides is 1. The lowest BCUT2D eigenvalue weighted by Gasteiger charge is -2.39. The molecular weight excluding hydrogens is 264 g/mol. The summed E-state index contributed by atoms with van der Waals surface area (Å²) in [7, 11) is 0. The molecule has 4 unspecified atom stereocenters. The molecule has 1 amide bonds. The molecule has 4 nitrogen and oxygen atoms in total. The number of para-hydroxylation sites is 1. The van der Waals surface area contributed by atoms with Crippen LogP contribution in [0.25, 0.3) is 0 Å². The summed E-state index contributed by atoms with van der Waals surface area (Å²) >= 11 is 0. The van der Waals surface area contributed by atoms with Crippen molar-refractivity contribution in [3.63, 3.8) is 0 Å². The average Bonchev–Trinajstić information content (AvgIpc) is 2.44. The second kappa shape index (κ2) is 6.94. The molecular formula is C17H26N2O2. The first kappa shape index (κ1) is 15.8. The Bertz CT molecular complexity index is 489. The van der Waals surface area contributed by atoms with Crippen molar-refractivity contribution in [2.24, 2.45) is 17.6 Å². The highest BCUT2D eigenvalue weighted by Crippen LogP contribution is 2.38. The summed E-state index contributed by atoms with van der Waals surface area (Å²) in [5.74, 6) is 0.678. The van der Waals surface area contributed by atoms with E-state index in [9.17, 15) is 4.79 Å². The topological polar surface area (TPSA) is 64.3 Å². The van der Waals surface area contributed by atoms with Gasteiger partial charge in [-0.15, -0.1) is 0 Å². The van der Waals surface area contributed by atoms with Crippen LogP contribution in [0.5, 0.6) is 5.75 Å². The highest BCUT2D eigenvalue weighted by Gasteiger charge is 2.39. The van der Waals surface area contributed by atoms with Crippen LogP contribution in [-0.4, -0.2) is 18.6 Å². The molecule has 1 saturated heterocycles. The molecule has 0 saturated carbocycles. The lowest BCUT2D eigenvalue weighted by Crippen LogP contribution is -2.49. The third-order valence-corrected chi connectivity index (χ3v) is 4.21. The van der Waals surface area contributed by atoms with E-state index in [1.54, 1.807) is 0 Å². The molecule has 1 aromatic carbocycles. The van der Waals surface area contributed by atoms with Gasteiger partial charge in [0.05, 0.1) is 12.5 Å². The summed E-state index contributed by atoms with van der Waals surface area (Å²) in [5.41, 5.74) is 6.70. The van der Waals surface area contributed by atoms with Gasteiger partial charge in [-0.25, -0.2) is 0 Å². The van der Waals surface area contributed by atoms with Gasteiger partial charge < -0.3 is 15.8 Å². The molecule has 116 valence electrons. The number of rotatable bonds is 5. The number of nitrogens with one attached hydrogen (secondary N) is 1. The van der Waals surface area contributed by atoms with E-state index >= 15 is 0 Å². The van der Waals surface area contributed by atoms with Gasteiger partial charge in [-0.2, -0.15) is 0 Å². The molecule has 3 N–H and O–H groups in total. The lowest BCUT2D eigenvalue weighted by molar-refractivity contribution is -0.125. The number of carbonyl (C=O) groups is 1. The average molecular weight is 290 g/mol. The van der Waals surface area contributed by atoms with Gasteiger partial charge in [0.15, 0.2) is 0 Å². The molecule has 1 aromatic rings. The van der Waals surface area contributed by atoms with Crippen LogP contribution < -0.4 is 15.8 Å². The number of piperidine rings is 1. The van der Waals surface area contributed by atoms with Crippen LogP contribution in [0.1, 0.15) is 45.2 Å². The Balaban J connectivity index is 2.34. The minimum atomic E-state index is -0.239. The Labute approximate surface area is 127 Å². The summed E-state index contributed by atoms with van der Waals surface area (Å²) in [6, 6.07) is 8.23. The van der Waals surface area contributed by atoms with Crippen molar-refractivity contribution in [3.05, 3.63) is 29.8 Å². The van der Waals surface area contributed by atoms with Crippen LogP contribution in [0.4, 0.5) is 0 Å². The van der Waals surface area contributed by atoms with Crippen molar-refractivity contribution in [2.75, 3.05) is 6.61 Å². The van der Waals surface area contributed by atoms with Gasteiger partial charge in [0.2, 0.25) is 5.91 Å². The van der Waals surface area contributed by atoms with E-state index in [2.05, 4.69) is 26.1 Å². The standard InChI is InChI=1S/C17H26N2O2/c1-4-9-21-14-8-6-5-7-13(14)16-15(17(18)20)11(2)10-12(3)19-16/h5-8,11-12,15-16,19H,4,9-10H2,1-3H3,(H2,18,20). The van der Waals surface area contributed by atoms with Crippen LogP contribution in [0.2, 0.25) is 0 Å². The first-order chi connectivity index (χ1) is 10.0. The van der Waals surface area contributed by atoms with Gasteiger partial charge >= 0.3 is 0 Å². The van der Waals surface area contributed by atoms with E-state index in [-0.39, 0.29) is 23.8 Å². The van der Waals surface area contributed by atoms with E-state index < -0.39 is 0 Å². The zero-order valence-electron chi connectivity index (χ0n) is 13.1. The smallest absolute Gasteiger partial charge is 0.222 e. The number of hydrogen-bond acceptors (Lipinski definition) is 3. The Morgan fingerprint density at radius 2 is 2.10 bits per heavy atom. The van der Waals surface area contributed by atoms with Crippen molar-refractivity contribution >= 4 is 5.91 Å². The molecule has 2 rings (SSSR count). The predicted octanol–water partition coefficient (Wildman–Crippen LogP) is 2.64. The Morgan fingerprint density at radius 3 is 2.76 bits per heavy atom. The number of ether oxygens (including phenoxy) is 1. The van der Waals surface area contributed by atoms with E-state index in [1.165, 1.54) is 0 Å². The molecule has 0 radical (unpaired) electrons. The monoisotopic (exact) mass is 290 g/mol. The molecule has 0 aromatic heterocycles. The molecule has 0 bridgehead atoms. The maximum absolute atomic E-state index is 11.9. The first-order valence-electron chi connectivity index (χ1n) is 7.81. The maximum Gasteiger partial charge on any atom is 0.222 e. The van der Waals surface area contributed by atoms with Crippen LogP contribution >= 0.6 is 0 Å². The Morgan fingerprint density at radius 1 is 1.38 bits per heavy atom. The van der Waals surface area contributed by atoms with E-state index in [4.69, 9.17) is 10.5 Å². The van der Waals surface area contributed by atoms with E-state index in [1.807, 2.05) is 24.3 Å². The molecule has 4 heteroatoms. The first-order valence-corrected chi connectivity index (χ1v) is 7.81. The van der Waals surface area contributed by atoms with Gasteiger partial charge in [0.1, 0.15) is 5.75 Å². The van der Waals surface area contributed by atoms with Crippen molar-refractivity contribution in [1.29, 1.82) is 0 Å². The van der Waals surface area contributed by atoms with Gasteiger partial charge in [0, 0.05) is 17.6 Å². The molecule has 1 heterocycles. The van der Waals surface area contributed by atoms with Crippen LogP contribution in [0, 0.1) is 11.8 Å². The fourth-order valence-corrected chi connectivity index (χ4v) is 3.32. The fourth-order valence-electron chi connectivity index (χ4n) is 3.32. The van der Waals surface area contributed by atoms with E-state index in [0.717, 1.165) is 24.2 Å². The number of nitrogens with two attached hydrogens (primary N) is 1. The summed E-state index contributed by atoms with van der Waals surface area (Å²) in [4.78, 5) is 11.9. The molecule has 1 aliphatic heterocycles. The van der Waals surface area contributed by atoms with E-state index in [0.29, 0.717) is 12.6 Å². The minimum Gasteiger partial charge on any atom is -0.493 e. The zero-order chi connectivity index (χ0) is 15.4. The summed E-state index contributed by atoms with van der Waals surface area (Å²) in [6.07, 6.45) is 1.92. The highest BCUT2D eigenvalue weighted by atomic mass is 16.5. The third-order valence-electron chi connectivity index (χ3n) is 4.21. The van der Waals surface area contributed by atoms with Crippen LogP contribution in [-0.2, 0) is 4.79 Å². The molecule has 1 fully saturated rings. The van der Waals surface area contributed by atoms with Crippen LogP contribution in [0.15, 0.2) is 24.3 Å². The number of primary amides is 1. The third kappa shape index (κ3) is 3.56. The van der Waals surface area contributed by atoms with Gasteiger partial charge in [-0.05, 0) is 31.7 Å². The second-order valence-electron chi connectivity index (χ2n) is 6.07. The van der Waals surface area contributed by atoms with Crippen molar-refractivity contribution in [2.45, 2.75) is 45.7 Å². The second-order valence-corrected chi connectivity index (χ2v) is 6.07. The normalized spacial score (nSPS) is 29.1. The lowest BCUT2D eigenvalue weighted by atomic mass is 9.76. The van der Waals surface area contributed by atoms with Gasteiger partial charge in [-0.1, -0.05) is 32.0 Å². The Hall–Kier alpha value is -1.55. The minimum absolute atomic E-state index is 0.0747. The largest absolute Gasteiger partial charge is 0.493 e. The maximum atomic E-state index is 11.9. The van der Waals surface area contributed by atoms with Crippen molar-refractivity contribution in [1.82, 2.24) is 5.32 Å². The predicted molar refractivity (Wildman–Crippen MR) is 84.0 cm³/mol. The molecule has 0 spiro atoms. The summed E-state index contributed by atoms with van der Waals surface area (Å²) < 4.78 is 5.85. The zero-order valence-corrected chi connectivity index (χ0v) is 13.1. The van der Waals surface area contributed by atoms with Crippen molar-refractivity contribution in [3.8, 4) is 5.75 Å². The fraction of sp³-hybridized carbons (Fsp3) is 0.588. The summed E-state index contributed by atoms with van der Waals surface area (Å²) in [6.45, 7) is 7.01. The Kier molecular flexibility index (Phi) is 5.23. The quantitative estimate of drug-likeness (QED) is 0.876. The van der Waals surface area contributed by atoms with Gasteiger partial charge in [0.25, 0.3) is 0 Å². The molecule has 1 aliphatic rings.